The predicted octanol–water partition coefficient (Wildman–Crippen LogP) is 4.03. The number of aromatic nitrogens is 1. The van der Waals surface area contributed by atoms with Gasteiger partial charge in [-0.3, -0.25) is 10.1 Å². The van der Waals surface area contributed by atoms with Crippen molar-refractivity contribution >= 4 is 16.6 Å². The summed E-state index contributed by atoms with van der Waals surface area (Å²) in [5, 5.41) is 14.7. The van der Waals surface area contributed by atoms with E-state index in [1.54, 1.807) is 12.1 Å². The Bertz CT molecular complexity index is 1150. The zero-order chi connectivity index (χ0) is 19.1. The standard InChI is InChI=1S/C23H19N3O2/c27-26(28)17-12-10-16(11-13-17)22-23-19(18-8-4-5-9-20(18)24-23)14-21(25-22)15-6-2-1-3-7-15/h1-13,21-22,24-25H,14H2/p+1/t21-,22-/m0/s1. The van der Waals surface area contributed by atoms with Crippen LogP contribution in [-0.2, 0) is 6.42 Å². The lowest BCUT2D eigenvalue weighted by molar-refractivity contribution is -0.730. The maximum atomic E-state index is 11.0. The Morgan fingerprint density at radius 1 is 0.893 bits per heavy atom. The molecular weight excluding hydrogens is 350 g/mol. The molecule has 5 nitrogen and oxygen atoms in total. The molecule has 3 N–H and O–H groups in total. The lowest BCUT2D eigenvalue weighted by atomic mass is 9.87. The number of benzene rings is 3. The van der Waals surface area contributed by atoms with E-state index in [9.17, 15) is 10.1 Å². The molecule has 0 saturated heterocycles. The first-order valence-corrected chi connectivity index (χ1v) is 9.44. The molecule has 0 fully saturated rings. The number of nitro groups is 1. The van der Waals surface area contributed by atoms with Crippen LogP contribution in [0.15, 0.2) is 78.9 Å². The van der Waals surface area contributed by atoms with E-state index in [0.717, 1.165) is 17.5 Å². The van der Waals surface area contributed by atoms with E-state index >= 15 is 0 Å². The van der Waals surface area contributed by atoms with Crippen molar-refractivity contribution < 1.29 is 10.2 Å². The van der Waals surface area contributed by atoms with Crippen LogP contribution in [-0.4, -0.2) is 9.91 Å². The number of nitrogens with one attached hydrogen (secondary N) is 1. The molecule has 0 unspecified atom stereocenters. The van der Waals surface area contributed by atoms with Crippen molar-refractivity contribution in [2.45, 2.75) is 18.5 Å². The number of H-pyrrole nitrogens is 1. The van der Waals surface area contributed by atoms with Gasteiger partial charge in [0, 0.05) is 40.6 Å². The monoisotopic (exact) mass is 370 g/mol. The fourth-order valence-corrected chi connectivity index (χ4v) is 4.33. The number of nitrogens with two attached hydrogens (primary N) is 1. The van der Waals surface area contributed by atoms with Crippen LogP contribution in [0.25, 0.3) is 10.9 Å². The normalized spacial score (nSPS) is 18.7. The van der Waals surface area contributed by atoms with E-state index in [1.807, 2.05) is 24.3 Å². The Hall–Kier alpha value is -3.44. The molecule has 0 saturated carbocycles. The Morgan fingerprint density at radius 2 is 1.61 bits per heavy atom. The molecule has 0 radical (unpaired) electrons. The summed E-state index contributed by atoms with van der Waals surface area (Å²) in [6, 6.07) is 26.3. The molecule has 5 heteroatoms. The van der Waals surface area contributed by atoms with Crippen molar-refractivity contribution in [3.63, 3.8) is 0 Å². The number of fused-ring (bicyclic) bond motifs is 3. The molecule has 0 aliphatic carbocycles. The van der Waals surface area contributed by atoms with Gasteiger partial charge in [0.25, 0.3) is 5.69 Å². The van der Waals surface area contributed by atoms with E-state index in [1.165, 1.54) is 22.2 Å². The Labute approximate surface area is 162 Å². The van der Waals surface area contributed by atoms with Gasteiger partial charge in [0.05, 0.1) is 10.6 Å². The third kappa shape index (κ3) is 2.77. The second-order valence-corrected chi connectivity index (χ2v) is 7.30. The van der Waals surface area contributed by atoms with Crippen molar-refractivity contribution in [3.8, 4) is 0 Å². The number of rotatable bonds is 3. The van der Waals surface area contributed by atoms with Crippen molar-refractivity contribution in [1.29, 1.82) is 0 Å². The van der Waals surface area contributed by atoms with Gasteiger partial charge in [0.2, 0.25) is 0 Å². The molecule has 0 spiro atoms. The van der Waals surface area contributed by atoms with E-state index in [0.29, 0.717) is 6.04 Å². The number of hydrogen-bond donors (Lipinski definition) is 2. The Kier molecular flexibility index (Phi) is 3.95. The lowest BCUT2D eigenvalue weighted by Crippen LogP contribution is -2.88. The van der Waals surface area contributed by atoms with Crippen LogP contribution >= 0.6 is 0 Å². The van der Waals surface area contributed by atoms with E-state index in [2.05, 4.69) is 52.8 Å². The minimum atomic E-state index is -0.352. The summed E-state index contributed by atoms with van der Waals surface area (Å²) in [5.41, 5.74) is 6.17. The molecule has 1 aliphatic rings. The Balaban J connectivity index is 1.64. The molecular formula is C23H20N3O2+. The maximum absolute atomic E-state index is 11.0. The first-order chi connectivity index (χ1) is 13.7. The lowest BCUT2D eigenvalue weighted by Gasteiger charge is -2.28. The SMILES string of the molecule is O=[N+]([O-])c1ccc([C@@H]2[NH2+][C@H](c3ccccc3)Cc3c2[nH]c2ccccc32)cc1. The van der Waals surface area contributed by atoms with Gasteiger partial charge in [0.15, 0.2) is 6.04 Å². The smallest absolute Gasteiger partial charge is 0.269 e. The van der Waals surface area contributed by atoms with Crippen LogP contribution < -0.4 is 5.32 Å². The average molecular weight is 370 g/mol. The minimum absolute atomic E-state index is 0.0714. The number of aromatic amines is 1. The van der Waals surface area contributed by atoms with Gasteiger partial charge in [0.1, 0.15) is 6.04 Å². The molecule has 0 bridgehead atoms. The second-order valence-electron chi connectivity index (χ2n) is 7.30. The summed E-state index contributed by atoms with van der Waals surface area (Å²) in [6.45, 7) is 0. The molecule has 5 rings (SSSR count). The number of nitro benzene ring substituents is 1. The minimum Gasteiger partial charge on any atom is -0.353 e. The number of nitrogens with zero attached hydrogens (tertiary/aromatic N) is 1. The quantitative estimate of drug-likeness (QED) is 0.422. The first-order valence-electron chi connectivity index (χ1n) is 9.44. The van der Waals surface area contributed by atoms with Gasteiger partial charge in [-0.25, -0.2) is 0 Å². The van der Waals surface area contributed by atoms with Crippen molar-refractivity contribution in [1.82, 2.24) is 4.98 Å². The van der Waals surface area contributed by atoms with Gasteiger partial charge >= 0.3 is 0 Å². The molecule has 2 atom stereocenters. The van der Waals surface area contributed by atoms with E-state index in [-0.39, 0.29) is 16.7 Å². The molecule has 28 heavy (non-hydrogen) atoms. The largest absolute Gasteiger partial charge is 0.353 e. The summed E-state index contributed by atoms with van der Waals surface area (Å²) >= 11 is 0. The van der Waals surface area contributed by atoms with Crippen molar-refractivity contribution in [2.24, 2.45) is 0 Å². The summed E-state index contributed by atoms with van der Waals surface area (Å²) < 4.78 is 0. The number of hydrogen-bond acceptors (Lipinski definition) is 2. The zero-order valence-corrected chi connectivity index (χ0v) is 15.2. The highest BCUT2D eigenvalue weighted by molar-refractivity contribution is 5.85. The molecule has 4 aromatic rings. The third-order valence-corrected chi connectivity index (χ3v) is 5.70. The highest BCUT2D eigenvalue weighted by Crippen LogP contribution is 2.35. The van der Waals surface area contributed by atoms with E-state index < -0.39 is 0 Å². The summed E-state index contributed by atoms with van der Waals surface area (Å²) in [6.07, 6.45) is 0.951. The van der Waals surface area contributed by atoms with Gasteiger partial charge in [-0.2, -0.15) is 0 Å². The number of para-hydroxylation sites is 1. The average Bonchev–Trinajstić information content (AvgIpc) is 3.12. The molecule has 3 aromatic carbocycles. The Morgan fingerprint density at radius 3 is 2.36 bits per heavy atom. The van der Waals surface area contributed by atoms with Crippen LogP contribution in [0.1, 0.15) is 34.5 Å². The van der Waals surface area contributed by atoms with Crippen LogP contribution in [0.3, 0.4) is 0 Å². The highest BCUT2D eigenvalue weighted by atomic mass is 16.6. The van der Waals surface area contributed by atoms with Crippen LogP contribution in [0.2, 0.25) is 0 Å². The molecule has 0 amide bonds. The molecule has 2 heterocycles. The van der Waals surface area contributed by atoms with Gasteiger partial charge < -0.3 is 10.3 Å². The predicted molar refractivity (Wildman–Crippen MR) is 108 cm³/mol. The maximum Gasteiger partial charge on any atom is 0.269 e. The van der Waals surface area contributed by atoms with Gasteiger partial charge in [-0.15, -0.1) is 0 Å². The third-order valence-electron chi connectivity index (χ3n) is 5.70. The fourth-order valence-electron chi connectivity index (χ4n) is 4.33. The van der Waals surface area contributed by atoms with Crippen molar-refractivity contribution in [2.75, 3.05) is 0 Å². The summed E-state index contributed by atoms with van der Waals surface area (Å²) in [4.78, 5) is 14.3. The highest BCUT2D eigenvalue weighted by Gasteiger charge is 2.34. The molecule has 138 valence electrons. The fraction of sp³-hybridized carbons (Fsp3) is 0.130. The topological polar surface area (TPSA) is 75.5 Å². The van der Waals surface area contributed by atoms with E-state index in [4.69, 9.17) is 0 Å². The van der Waals surface area contributed by atoms with Gasteiger partial charge in [-0.05, 0) is 23.8 Å². The van der Waals surface area contributed by atoms with Crippen LogP contribution in [0.4, 0.5) is 5.69 Å². The van der Waals surface area contributed by atoms with Crippen LogP contribution in [0, 0.1) is 10.1 Å². The second kappa shape index (κ2) is 6.62. The summed E-state index contributed by atoms with van der Waals surface area (Å²) in [5.74, 6) is 0. The van der Waals surface area contributed by atoms with Crippen molar-refractivity contribution in [3.05, 3.63) is 111 Å². The van der Waals surface area contributed by atoms with Crippen LogP contribution in [0.5, 0.6) is 0 Å². The molecule has 1 aromatic heterocycles. The first kappa shape index (κ1) is 16.7. The summed E-state index contributed by atoms with van der Waals surface area (Å²) in [7, 11) is 0. The van der Waals surface area contributed by atoms with Gasteiger partial charge in [-0.1, -0.05) is 48.5 Å². The number of non-ortho nitro benzene ring substituents is 1. The number of quaternary nitrogens is 1. The molecule has 1 aliphatic heterocycles. The zero-order valence-electron chi connectivity index (χ0n) is 15.2.